The minimum Gasteiger partial charge on any atom is -0.497 e. The highest BCUT2D eigenvalue weighted by Gasteiger charge is 2.42. The fourth-order valence-electron chi connectivity index (χ4n) is 4.79. The van der Waals surface area contributed by atoms with Crippen LogP contribution < -0.4 is 4.74 Å². The fraction of sp³-hybridized carbons (Fsp3) is 0.417. The van der Waals surface area contributed by atoms with Crippen molar-refractivity contribution in [3.05, 3.63) is 54.1 Å². The van der Waals surface area contributed by atoms with Crippen molar-refractivity contribution in [2.24, 2.45) is 11.8 Å². The third-order valence-electron chi connectivity index (χ3n) is 6.59. The van der Waals surface area contributed by atoms with Crippen LogP contribution in [0.4, 0.5) is 0 Å². The second kappa shape index (κ2) is 7.90. The highest BCUT2D eigenvalue weighted by molar-refractivity contribution is 5.95. The number of hydrogen-bond acceptors (Lipinski definition) is 3. The van der Waals surface area contributed by atoms with Gasteiger partial charge in [-0.15, -0.1) is 0 Å². The lowest BCUT2D eigenvalue weighted by atomic mass is 9.88. The molecular formula is C24H28N2O3. The fourth-order valence-corrected chi connectivity index (χ4v) is 4.79. The van der Waals surface area contributed by atoms with Crippen LogP contribution in [0.1, 0.15) is 29.6 Å². The van der Waals surface area contributed by atoms with Crippen molar-refractivity contribution in [3.8, 4) is 16.9 Å². The number of hydrogen-bond donors (Lipinski definition) is 0. The quantitative estimate of drug-likeness (QED) is 0.797. The zero-order chi connectivity index (χ0) is 20.5. The van der Waals surface area contributed by atoms with Crippen LogP contribution in [0.25, 0.3) is 11.1 Å². The normalized spacial score (nSPS) is 23.6. The van der Waals surface area contributed by atoms with Crippen molar-refractivity contribution in [1.29, 1.82) is 0 Å². The van der Waals surface area contributed by atoms with E-state index in [0.717, 1.165) is 36.3 Å². The number of benzene rings is 2. The number of carbonyl (C=O) groups excluding carboxylic acids is 2. The van der Waals surface area contributed by atoms with Crippen molar-refractivity contribution in [2.75, 3.05) is 27.7 Å². The van der Waals surface area contributed by atoms with Crippen molar-refractivity contribution < 1.29 is 14.3 Å². The lowest BCUT2D eigenvalue weighted by molar-refractivity contribution is -0.134. The summed E-state index contributed by atoms with van der Waals surface area (Å²) in [6.07, 6.45) is 2.51. The first-order valence-electron chi connectivity index (χ1n) is 10.2. The van der Waals surface area contributed by atoms with E-state index in [-0.39, 0.29) is 17.9 Å². The van der Waals surface area contributed by atoms with Gasteiger partial charge in [-0.05, 0) is 60.1 Å². The molecule has 0 spiro atoms. The average Bonchev–Trinajstić information content (AvgIpc) is 3.15. The number of methoxy groups -OCH3 is 1. The topological polar surface area (TPSA) is 49.9 Å². The van der Waals surface area contributed by atoms with E-state index in [0.29, 0.717) is 23.8 Å². The number of piperidine rings is 1. The first-order valence-corrected chi connectivity index (χ1v) is 10.2. The van der Waals surface area contributed by atoms with E-state index in [9.17, 15) is 9.59 Å². The Balaban J connectivity index is 1.48. The van der Waals surface area contributed by atoms with Gasteiger partial charge in [0.05, 0.1) is 7.11 Å². The molecule has 2 fully saturated rings. The molecule has 0 aromatic heterocycles. The zero-order valence-electron chi connectivity index (χ0n) is 17.3. The van der Waals surface area contributed by atoms with Gasteiger partial charge in [0.1, 0.15) is 5.75 Å². The van der Waals surface area contributed by atoms with Crippen LogP contribution in [0.2, 0.25) is 0 Å². The summed E-state index contributed by atoms with van der Waals surface area (Å²) in [4.78, 5) is 28.9. The van der Waals surface area contributed by atoms with Gasteiger partial charge in [-0.25, -0.2) is 0 Å². The monoisotopic (exact) mass is 392 g/mol. The third-order valence-corrected chi connectivity index (χ3v) is 6.59. The number of carbonyl (C=O) groups is 2. The first-order chi connectivity index (χ1) is 14.0. The molecule has 2 aromatic carbocycles. The Labute approximate surface area is 172 Å². The Morgan fingerprint density at radius 3 is 2.52 bits per heavy atom. The van der Waals surface area contributed by atoms with Gasteiger partial charge in [0.2, 0.25) is 5.91 Å². The molecule has 3 atom stereocenters. The third kappa shape index (κ3) is 3.86. The van der Waals surface area contributed by atoms with Crippen molar-refractivity contribution in [3.63, 3.8) is 0 Å². The molecule has 152 valence electrons. The second-order valence-corrected chi connectivity index (χ2v) is 8.35. The number of amides is 2. The van der Waals surface area contributed by atoms with Crippen LogP contribution in [-0.2, 0) is 4.79 Å². The number of nitrogens with zero attached hydrogens (tertiary/aromatic N) is 2. The van der Waals surface area contributed by atoms with E-state index in [1.165, 1.54) is 0 Å². The van der Waals surface area contributed by atoms with Gasteiger partial charge in [-0.3, -0.25) is 9.59 Å². The van der Waals surface area contributed by atoms with Crippen molar-refractivity contribution >= 4 is 11.8 Å². The zero-order valence-corrected chi connectivity index (χ0v) is 17.3. The summed E-state index contributed by atoms with van der Waals surface area (Å²) in [6.45, 7) is 0.814. The van der Waals surface area contributed by atoms with Crippen molar-refractivity contribution in [2.45, 2.75) is 25.3 Å². The minimum atomic E-state index is 0.0451. The van der Waals surface area contributed by atoms with Gasteiger partial charge in [-0.2, -0.15) is 0 Å². The van der Waals surface area contributed by atoms with Gasteiger partial charge >= 0.3 is 0 Å². The molecule has 1 aliphatic carbocycles. The van der Waals surface area contributed by atoms with Crippen LogP contribution in [0.15, 0.2) is 48.5 Å². The summed E-state index contributed by atoms with van der Waals surface area (Å²) in [7, 11) is 5.43. The molecule has 29 heavy (non-hydrogen) atoms. The van der Waals surface area contributed by atoms with E-state index in [1.807, 2.05) is 72.4 Å². The van der Waals surface area contributed by atoms with Gasteiger partial charge < -0.3 is 14.5 Å². The summed E-state index contributed by atoms with van der Waals surface area (Å²) in [5, 5.41) is 0. The molecule has 2 aromatic rings. The molecule has 2 amide bonds. The van der Waals surface area contributed by atoms with Crippen LogP contribution in [0.5, 0.6) is 5.75 Å². The summed E-state index contributed by atoms with van der Waals surface area (Å²) < 4.78 is 5.22. The Morgan fingerprint density at radius 2 is 1.79 bits per heavy atom. The molecule has 0 unspecified atom stereocenters. The molecule has 0 bridgehead atoms. The smallest absolute Gasteiger partial charge is 0.253 e. The predicted octanol–water partition coefficient (Wildman–Crippen LogP) is 3.69. The summed E-state index contributed by atoms with van der Waals surface area (Å²) in [5.41, 5.74) is 2.76. The highest BCUT2D eigenvalue weighted by Crippen LogP contribution is 2.40. The predicted molar refractivity (Wildman–Crippen MR) is 113 cm³/mol. The molecule has 1 aliphatic heterocycles. The Morgan fingerprint density at radius 1 is 1.07 bits per heavy atom. The average molecular weight is 392 g/mol. The maximum Gasteiger partial charge on any atom is 0.253 e. The van der Waals surface area contributed by atoms with E-state index in [2.05, 4.69) is 0 Å². The van der Waals surface area contributed by atoms with Gasteiger partial charge in [0, 0.05) is 38.7 Å². The lowest BCUT2D eigenvalue weighted by Crippen LogP contribution is -2.39. The molecule has 1 heterocycles. The highest BCUT2D eigenvalue weighted by atomic mass is 16.5. The maximum absolute atomic E-state index is 13.2. The number of fused-ring (bicyclic) bond motifs is 1. The molecule has 0 N–H and O–H groups in total. The lowest BCUT2D eigenvalue weighted by Gasteiger charge is -2.31. The standard InChI is InChI=1S/C24H28N2O3/c1-25-15-20-13-21(12-19(20)14-23(25)27)26(2)24(28)18-6-4-5-17(11-18)16-7-9-22(29-3)10-8-16/h4-11,19-21H,12-15H2,1-3H3/t19-,20+,21-/m1/s1. The number of ether oxygens (including phenoxy) is 1. The molecule has 5 nitrogen and oxygen atoms in total. The molecular weight excluding hydrogens is 364 g/mol. The Hall–Kier alpha value is -2.82. The second-order valence-electron chi connectivity index (χ2n) is 8.35. The Bertz CT molecular complexity index is 909. The van der Waals surface area contributed by atoms with E-state index < -0.39 is 0 Å². The van der Waals surface area contributed by atoms with Crippen LogP contribution in [0, 0.1) is 11.8 Å². The summed E-state index contributed by atoms with van der Waals surface area (Å²) in [5.74, 6) is 2.00. The van der Waals surface area contributed by atoms with Crippen LogP contribution in [0.3, 0.4) is 0 Å². The summed E-state index contributed by atoms with van der Waals surface area (Å²) >= 11 is 0. The largest absolute Gasteiger partial charge is 0.497 e. The van der Waals surface area contributed by atoms with Gasteiger partial charge in [0.25, 0.3) is 5.91 Å². The molecule has 5 heteroatoms. The van der Waals surface area contributed by atoms with Crippen LogP contribution >= 0.6 is 0 Å². The molecule has 1 saturated heterocycles. The number of likely N-dealkylation sites (tertiary alicyclic amines) is 1. The first kappa shape index (κ1) is 19.5. The van der Waals surface area contributed by atoms with Crippen molar-refractivity contribution in [1.82, 2.24) is 9.80 Å². The molecule has 1 saturated carbocycles. The maximum atomic E-state index is 13.2. The minimum absolute atomic E-state index is 0.0451. The number of rotatable bonds is 4. The van der Waals surface area contributed by atoms with Gasteiger partial charge in [0.15, 0.2) is 0 Å². The van der Waals surface area contributed by atoms with E-state index in [1.54, 1.807) is 7.11 Å². The van der Waals surface area contributed by atoms with Gasteiger partial charge in [-0.1, -0.05) is 24.3 Å². The van der Waals surface area contributed by atoms with Crippen LogP contribution in [-0.4, -0.2) is 55.4 Å². The molecule has 4 rings (SSSR count). The Kier molecular flexibility index (Phi) is 5.31. The SMILES string of the molecule is COc1ccc(-c2cccc(C(=O)N(C)[C@@H]3C[C@@H]4CC(=O)N(C)C[C@@H]4C3)c2)cc1. The van der Waals surface area contributed by atoms with E-state index in [4.69, 9.17) is 4.74 Å². The molecule has 0 radical (unpaired) electrons. The van der Waals surface area contributed by atoms with E-state index >= 15 is 0 Å². The molecule has 2 aliphatic rings. The summed E-state index contributed by atoms with van der Waals surface area (Å²) in [6, 6.07) is 15.8.